The third-order valence-corrected chi connectivity index (χ3v) is 7.77. The van der Waals surface area contributed by atoms with Crippen molar-refractivity contribution in [2.75, 3.05) is 29.9 Å². The van der Waals surface area contributed by atoms with Crippen molar-refractivity contribution < 1.29 is 28.7 Å². The van der Waals surface area contributed by atoms with Gasteiger partial charge in [0.15, 0.2) is 12.2 Å². The van der Waals surface area contributed by atoms with E-state index in [1.807, 2.05) is 30.3 Å². The van der Waals surface area contributed by atoms with Gasteiger partial charge in [-0.25, -0.2) is 4.79 Å². The molecular formula is C29H25ClN4O6. The number of nitrogens with two attached hydrogens (primary N) is 1. The maximum absolute atomic E-state index is 14.3. The Balaban J connectivity index is 1.37. The molecule has 3 aromatic carbocycles. The Labute approximate surface area is 234 Å². The Bertz CT molecular complexity index is 1550. The van der Waals surface area contributed by atoms with E-state index in [9.17, 15) is 19.2 Å². The predicted molar refractivity (Wildman–Crippen MR) is 146 cm³/mol. The number of anilines is 2. The van der Waals surface area contributed by atoms with Crippen molar-refractivity contribution in [3.05, 3.63) is 88.4 Å². The number of fused-ring (bicyclic) bond motifs is 3. The summed E-state index contributed by atoms with van der Waals surface area (Å²) in [5.74, 6) is -1.05. The predicted octanol–water partition coefficient (Wildman–Crippen LogP) is 3.47. The molecule has 40 heavy (non-hydrogen) atoms. The van der Waals surface area contributed by atoms with Gasteiger partial charge in [0, 0.05) is 35.5 Å². The molecule has 3 aliphatic rings. The van der Waals surface area contributed by atoms with Crippen molar-refractivity contribution in [2.45, 2.75) is 24.5 Å². The summed E-state index contributed by atoms with van der Waals surface area (Å²) in [6, 6.07) is 18.1. The first-order chi connectivity index (χ1) is 19.2. The van der Waals surface area contributed by atoms with Crippen molar-refractivity contribution in [3.63, 3.8) is 0 Å². The van der Waals surface area contributed by atoms with Gasteiger partial charge in [-0.15, -0.1) is 0 Å². The van der Waals surface area contributed by atoms with Gasteiger partial charge in [0.05, 0.1) is 17.9 Å². The molecule has 10 nitrogen and oxygen atoms in total. The molecule has 6 rings (SSSR count). The second-order valence-electron chi connectivity index (χ2n) is 10.0. The number of carbonyl (C=O) groups is 4. The molecule has 2 atom stereocenters. The summed E-state index contributed by atoms with van der Waals surface area (Å²) >= 11 is 6.28. The number of hydrogen-bond donors (Lipinski definition) is 2. The van der Waals surface area contributed by atoms with E-state index in [1.165, 1.54) is 17.0 Å². The maximum atomic E-state index is 14.3. The normalized spacial score (nSPS) is 20.2. The second kappa shape index (κ2) is 9.87. The van der Waals surface area contributed by atoms with Crippen LogP contribution in [0.15, 0.2) is 66.7 Å². The van der Waals surface area contributed by atoms with Crippen LogP contribution in [-0.2, 0) is 26.3 Å². The fourth-order valence-electron chi connectivity index (χ4n) is 5.65. The lowest BCUT2D eigenvalue weighted by Gasteiger charge is -2.38. The molecule has 3 aromatic rings. The van der Waals surface area contributed by atoms with Crippen molar-refractivity contribution in [2.24, 2.45) is 5.73 Å². The molecule has 204 valence electrons. The van der Waals surface area contributed by atoms with Gasteiger partial charge < -0.3 is 20.1 Å². The zero-order valence-corrected chi connectivity index (χ0v) is 22.0. The van der Waals surface area contributed by atoms with Gasteiger partial charge in [-0.2, -0.15) is 0 Å². The number of carbonyl (C=O) groups excluding carboxylic acids is 4. The van der Waals surface area contributed by atoms with Crippen molar-refractivity contribution in [3.8, 4) is 5.75 Å². The Hall–Kier alpha value is -4.57. The van der Waals surface area contributed by atoms with Crippen LogP contribution < -0.4 is 20.7 Å². The number of primary amides is 1. The van der Waals surface area contributed by atoms with E-state index in [0.717, 1.165) is 5.56 Å². The number of benzene rings is 3. The van der Waals surface area contributed by atoms with Crippen LogP contribution >= 0.6 is 11.6 Å². The molecule has 3 heterocycles. The smallest absolute Gasteiger partial charge is 0.412 e. The number of nitrogens with one attached hydrogen (secondary N) is 1. The van der Waals surface area contributed by atoms with Crippen molar-refractivity contribution >= 4 is 46.8 Å². The number of nitrogens with zero attached hydrogens (tertiary/aromatic N) is 2. The summed E-state index contributed by atoms with van der Waals surface area (Å²) in [6.45, 7) is 0.103. The number of amides is 4. The Morgan fingerprint density at radius 2 is 1.88 bits per heavy atom. The van der Waals surface area contributed by atoms with Gasteiger partial charge in [0.1, 0.15) is 11.8 Å². The molecule has 11 heteroatoms. The highest BCUT2D eigenvalue weighted by Gasteiger charge is 2.50. The summed E-state index contributed by atoms with van der Waals surface area (Å²) in [5.41, 5.74) is 7.10. The Morgan fingerprint density at radius 3 is 2.65 bits per heavy atom. The van der Waals surface area contributed by atoms with E-state index >= 15 is 0 Å². The molecule has 0 saturated carbocycles. The molecule has 1 unspecified atom stereocenters. The van der Waals surface area contributed by atoms with E-state index < -0.39 is 29.6 Å². The fourth-order valence-corrected chi connectivity index (χ4v) is 5.82. The lowest BCUT2D eigenvalue weighted by atomic mass is 9.90. The van der Waals surface area contributed by atoms with Gasteiger partial charge in [0.25, 0.3) is 5.91 Å². The van der Waals surface area contributed by atoms with Gasteiger partial charge in [-0.05, 0) is 42.0 Å². The highest BCUT2D eigenvalue weighted by Crippen LogP contribution is 2.44. The molecular weight excluding hydrogens is 536 g/mol. The summed E-state index contributed by atoms with van der Waals surface area (Å²) in [4.78, 5) is 54.9. The number of rotatable bonds is 5. The van der Waals surface area contributed by atoms with Gasteiger partial charge in [0.2, 0.25) is 11.8 Å². The minimum Gasteiger partial charge on any atom is -0.482 e. The first-order valence-corrected chi connectivity index (χ1v) is 13.1. The summed E-state index contributed by atoms with van der Waals surface area (Å²) in [5, 5.41) is 3.18. The van der Waals surface area contributed by atoms with Crippen LogP contribution in [0.25, 0.3) is 0 Å². The highest BCUT2D eigenvalue weighted by molar-refractivity contribution is 6.30. The Kier molecular flexibility index (Phi) is 6.34. The lowest BCUT2D eigenvalue weighted by molar-refractivity contribution is -0.135. The van der Waals surface area contributed by atoms with Crippen molar-refractivity contribution in [1.82, 2.24) is 4.90 Å². The van der Waals surface area contributed by atoms with Crippen LogP contribution in [0.1, 0.15) is 27.9 Å². The molecule has 3 aliphatic heterocycles. The highest BCUT2D eigenvalue weighted by atomic mass is 35.5. The molecule has 1 spiro atoms. The average molecular weight is 561 g/mol. The molecule has 3 N–H and O–H groups in total. The van der Waals surface area contributed by atoms with Crippen LogP contribution in [0.3, 0.4) is 0 Å². The van der Waals surface area contributed by atoms with Crippen LogP contribution in [0, 0.1) is 0 Å². The van der Waals surface area contributed by atoms with E-state index in [4.69, 9.17) is 26.8 Å². The molecule has 0 bridgehead atoms. The van der Waals surface area contributed by atoms with Crippen LogP contribution in [0.2, 0.25) is 5.02 Å². The second-order valence-corrected chi connectivity index (χ2v) is 10.4. The summed E-state index contributed by atoms with van der Waals surface area (Å²) in [7, 11) is 0. The molecule has 0 radical (unpaired) electrons. The number of halogens is 1. The quantitative estimate of drug-likeness (QED) is 0.491. The van der Waals surface area contributed by atoms with Gasteiger partial charge in [-0.3, -0.25) is 24.6 Å². The maximum Gasteiger partial charge on any atom is 0.412 e. The monoisotopic (exact) mass is 560 g/mol. The zero-order valence-electron chi connectivity index (χ0n) is 21.3. The zero-order chi connectivity index (χ0) is 28.0. The van der Waals surface area contributed by atoms with Gasteiger partial charge in [-0.1, -0.05) is 41.9 Å². The summed E-state index contributed by atoms with van der Waals surface area (Å²) in [6.07, 6.45) is -0.00411. The average Bonchev–Trinajstić information content (AvgIpc) is 3.36. The van der Waals surface area contributed by atoms with E-state index in [2.05, 4.69) is 5.32 Å². The third kappa shape index (κ3) is 4.50. The van der Waals surface area contributed by atoms with Crippen LogP contribution in [0.5, 0.6) is 5.75 Å². The minimum absolute atomic E-state index is 0.101. The Morgan fingerprint density at radius 1 is 1.07 bits per heavy atom. The molecule has 1 fully saturated rings. The first kappa shape index (κ1) is 25.7. The minimum atomic E-state index is -1.07. The molecule has 0 aliphatic carbocycles. The number of hydrogen-bond acceptors (Lipinski definition) is 6. The number of ether oxygens (including phenoxy) is 2. The third-order valence-electron chi connectivity index (χ3n) is 7.53. The SMILES string of the molecule is NC(=O)c1ccc2c(c1)OCC(=O)N2[C@@H](Cc1ccccc1)C(=O)N1CCC2(C1)OC(=O)Nc1ccc(Cl)cc12. The van der Waals surface area contributed by atoms with Crippen LogP contribution in [0.4, 0.5) is 16.2 Å². The van der Waals surface area contributed by atoms with Gasteiger partial charge >= 0.3 is 6.09 Å². The number of likely N-dealkylation sites (tertiary alicyclic amines) is 1. The standard InChI is InChI=1S/C29H25ClN4O6/c30-19-7-8-21-20(14-19)29(40-28(38)32-21)10-11-33(16-29)27(37)23(12-17-4-2-1-3-5-17)34-22-9-6-18(26(31)36)13-24(22)39-15-25(34)35/h1-9,13-14,23H,10-12,15-16H2,(H2,31,36)(H,32,38)/t23-,29?/m0/s1. The first-order valence-electron chi connectivity index (χ1n) is 12.8. The van der Waals surface area contributed by atoms with Crippen molar-refractivity contribution in [1.29, 1.82) is 0 Å². The summed E-state index contributed by atoms with van der Waals surface area (Å²) < 4.78 is 11.4. The van der Waals surface area contributed by atoms with E-state index in [-0.39, 0.29) is 36.8 Å². The molecule has 4 amide bonds. The largest absolute Gasteiger partial charge is 0.482 e. The van der Waals surface area contributed by atoms with E-state index in [0.29, 0.717) is 34.9 Å². The lowest BCUT2D eigenvalue weighted by Crippen LogP contribution is -2.55. The van der Waals surface area contributed by atoms with E-state index in [1.54, 1.807) is 29.2 Å². The molecule has 0 aromatic heterocycles. The topological polar surface area (TPSA) is 131 Å². The molecule has 1 saturated heterocycles. The fraction of sp³-hybridized carbons (Fsp3) is 0.241. The van der Waals surface area contributed by atoms with Crippen LogP contribution in [-0.4, -0.2) is 54.5 Å².